The Kier molecular flexibility index (Phi) is 8.33. The number of nitrogens with zero attached hydrogens (tertiary/aromatic N) is 2. The lowest BCUT2D eigenvalue weighted by molar-refractivity contribution is 0.0600. The molecule has 0 N–H and O–H groups in total. The molecule has 0 heterocycles. The number of methoxy groups -OCH3 is 2. The summed E-state index contributed by atoms with van der Waals surface area (Å²) in [6.45, 7) is 0.985. The van der Waals surface area contributed by atoms with Gasteiger partial charge in [0.15, 0.2) is 11.5 Å². The van der Waals surface area contributed by atoms with Crippen LogP contribution in [0.3, 0.4) is 0 Å². The zero-order valence-electron chi connectivity index (χ0n) is 20.3. The first-order valence-electron chi connectivity index (χ1n) is 11.5. The van der Waals surface area contributed by atoms with Gasteiger partial charge in [-0.05, 0) is 59.2 Å². The van der Waals surface area contributed by atoms with E-state index in [1.807, 2.05) is 90.1 Å². The predicted octanol–water partition coefficient (Wildman–Crippen LogP) is 6.10. The van der Waals surface area contributed by atoms with Crippen molar-refractivity contribution in [3.63, 3.8) is 0 Å². The molecule has 0 atom stereocenters. The summed E-state index contributed by atoms with van der Waals surface area (Å²) in [6, 6.07) is 33.1. The van der Waals surface area contributed by atoms with Crippen LogP contribution in [0.25, 0.3) is 0 Å². The molecule has 0 saturated carbocycles. The molecule has 0 aliphatic heterocycles. The summed E-state index contributed by atoms with van der Waals surface area (Å²) in [5.41, 5.74) is 4.48. The number of esters is 1. The standard InChI is InChI=1S/C30H28N2O4/c1-34-29-19-25(15-18-28(29)36-22-24-13-16-26(17-14-24)30(33)35-2)20-31-32(27-11-7-4-8-12-27)21-23-9-5-3-6-10-23/h3-20H,21-22H2,1-2H3. The van der Waals surface area contributed by atoms with Crippen LogP contribution in [0.15, 0.2) is 108 Å². The second-order valence-electron chi connectivity index (χ2n) is 8.01. The lowest BCUT2D eigenvalue weighted by Crippen LogP contribution is -2.16. The molecule has 0 aromatic heterocycles. The van der Waals surface area contributed by atoms with Gasteiger partial charge in [0.25, 0.3) is 0 Å². The van der Waals surface area contributed by atoms with Crippen LogP contribution in [0.4, 0.5) is 5.69 Å². The molecule has 36 heavy (non-hydrogen) atoms. The third-order valence-electron chi connectivity index (χ3n) is 5.53. The number of hydrogen-bond acceptors (Lipinski definition) is 6. The van der Waals surface area contributed by atoms with E-state index in [-0.39, 0.29) is 5.97 Å². The quantitative estimate of drug-likeness (QED) is 0.156. The van der Waals surface area contributed by atoms with E-state index in [1.54, 1.807) is 19.2 Å². The summed E-state index contributed by atoms with van der Waals surface area (Å²) in [5.74, 6) is 0.867. The smallest absolute Gasteiger partial charge is 0.337 e. The second kappa shape index (κ2) is 12.2. The van der Waals surface area contributed by atoms with E-state index >= 15 is 0 Å². The Balaban J connectivity index is 1.47. The summed E-state index contributed by atoms with van der Waals surface area (Å²) < 4.78 is 16.3. The van der Waals surface area contributed by atoms with Crippen LogP contribution in [0, 0.1) is 0 Å². The highest BCUT2D eigenvalue weighted by Gasteiger charge is 2.09. The average molecular weight is 481 g/mol. The number of rotatable bonds is 10. The van der Waals surface area contributed by atoms with Gasteiger partial charge in [-0.3, -0.25) is 5.01 Å². The monoisotopic (exact) mass is 480 g/mol. The Hall–Kier alpha value is -4.58. The molecule has 0 radical (unpaired) electrons. The molecule has 0 aliphatic carbocycles. The molecule has 6 nitrogen and oxygen atoms in total. The Morgan fingerprint density at radius 2 is 1.50 bits per heavy atom. The third kappa shape index (κ3) is 6.51. The Morgan fingerprint density at radius 3 is 2.17 bits per heavy atom. The number of hydrogen-bond donors (Lipinski definition) is 0. The number of hydrazone groups is 1. The van der Waals surface area contributed by atoms with E-state index in [1.165, 1.54) is 12.7 Å². The van der Waals surface area contributed by atoms with Gasteiger partial charge in [0.2, 0.25) is 0 Å². The van der Waals surface area contributed by atoms with Gasteiger partial charge in [0.1, 0.15) is 6.61 Å². The molecule has 0 bridgehead atoms. The van der Waals surface area contributed by atoms with Gasteiger partial charge in [0, 0.05) is 0 Å². The third-order valence-corrected chi connectivity index (χ3v) is 5.53. The molecular formula is C30H28N2O4. The minimum atomic E-state index is -0.365. The summed E-state index contributed by atoms with van der Waals surface area (Å²) in [5, 5.41) is 6.72. The number of para-hydroxylation sites is 1. The molecule has 0 fully saturated rings. The van der Waals surface area contributed by atoms with Crippen LogP contribution in [0.5, 0.6) is 11.5 Å². The zero-order chi connectivity index (χ0) is 25.2. The maximum atomic E-state index is 11.6. The average Bonchev–Trinajstić information content (AvgIpc) is 2.95. The summed E-state index contributed by atoms with van der Waals surface area (Å²) in [6.07, 6.45) is 1.81. The van der Waals surface area contributed by atoms with Gasteiger partial charge in [0.05, 0.1) is 38.2 Å². The van der Waals surface area contributed by atoms with Crippen molar-refractivity contribution in [1.29, 1.82) is 0 Å². The summed E-state index contributed by atoms with van der Waals surface area (Å²) >= 11 is 0. The largest absolute Gasteiger partial charge is 0.493 e. The van der Waals surface area contributed by atoms with E-state index in [9.17, 15) is 4.79 Å². The van der Waals surface area contributed by atoms with Crippen molar-refractivity contribution in [2.24, 2.45) is 5.10 Å². The number of benzene rings is 4. The predicted molar refractivity (Wildman–Crippen MR) is 142 cm³/mol. The molecular weight excluding hydrogens is 452 g/mol. The summed E-state index contributed by atoms with van der Waals surface area (Å²) in [4.78, 5) is 11.6. The SMILES string of the molecule is COC(=O)c1ccc(COc2ccc(C=NN(Cc3ccccc3)c3ccccc3)cc2OC)cc1. The normalized spacial score (nSPS) is 10.7. The van der Waals surface area contributed by atoms with Crippen molar-refractivity contribution in [3.05, 3.63) is 125 Å². The van der Waals surface area contributed by atoms with Crippen molar-refractivity contribution in [2.45, 2.75) is 13.2 Å². The van der Waals surface area contributed by atoms with Crippen LogP contribution in [-0.2, 0) is 17.9 Å². The number of carbonyl (C=O) groups excluding carboxylic acids is 1. The van der Waals surface area contributed by atoms with E-state index in [4.69, 9.17) is 19.3 Å². The fraction of sp³-hybridized carbons (Fsp3) is 0.133. The fourth-order valence-corrected chi connectivity index (χ4v) is 3.59. The van der Waals surface area contributed by atoms with E-state index in [2.05, 4.69) is 12.1 Å². The second-order valence-corrected chi connectivity index (χ2v) is 8.01. The first-order chi connectivity index (χ1) is 17.7. The van der Waals surface area contributed by atoms with Gasteiger partial charge in [-0.15, -0.1) is 0 Å². The molecule has 4 aromatic carbocycles. The molecule has 4 rings (SSSR count). The van der Waals surface area contributed by atoms with Crippen LogP contribution in [0.1, 0.15) is 27.0 Å². The molecule has 0 saturated heterocycles. The molecule has 182 valence electrons. The molecule has 0 amide bonds. The molecule has 6 heteroatoms. The highest BCUT2D eigenvalue weighted by atomic mass is 16.5. The maximum Gasteiger partial charge on any atom is 0.337 e. The number of carbonyl (C=O) groups is 1. The van der Waals surface area contributed by atoms with Crippen LogP contribution < -0.4 is 14.5 Å². The van der Waals surface area contributed by atoms with Crippen LogP contribution in [0.2, 0.25) is 0 Å². The van der Waals surface area contributed by atoms with Crippen molar-refractivity contribution < 1.29 is 19.0 Å². The zero-order valence-corrected chi connectivity index (χ0v) is 20.3. The van der Waals surface area contributed by atoms with Crippen LogP contribution >= 0.6 is 0 Å². The topological polar surface area (TPSA) is 60.4 Å². The van der Waals surface area contributed by atoms with Gasteiger partial charge < -0.3 is 14.2 Å². The van der Waals surface area contributed by atoms with Crippen molar-refractivity contribution in [1.82, 2.24) is 0 Å². The number of ether oxygens (including phenoxy) is 3. The van der Waals surface area contributed by atoms with Gasteiger partial charge in [-0.1, -0.05) is 60.7 Å². The Bertz CT molecular complexity index is 1290. The van der Waals surface area contributed by atoms with Crippen LogP contribution in [-0.4, -0.2) is 26.4 Å². The Morgan fingerprint density at radius 1 is 0.806 bits per heavy atom. The lowest BCUT2D eigenvalue weighted by Gasteiger charge is -2.19. The minimum absolute atomic E-state index is 0.337. The first kappa shape index (κ1) is 24.5. The fourth-order valence-electron chi connectivity index (χ4n) is 3.59. The van der Waals surface area contributed by atoms with E-state index in [0.717, 1.165) is 16.8 Å². The van der Waals surface area contributed by atoms with Gasteiger partial charge >= 0.3 is 5.97 Å². The van der Waals surface area contributed by atoms with E-state index in [0.29, 0.717) is 30.2 Å². The van der Waals surface area contributed by atoms with Crippen molar-refractivity contribution >= 4 is 17.9 Å². The van der Waals surface area contributed by atoms with Crippen molar-refractivity contribution in [2.75, 3.05) is 19.2 Å². The minimum Gasteiger partial charge on any atom is -0.493 e. The summed E-state index contributed by atoms with van der Waals surface area (Å²) in [7, 11) is 2.97. The van der Waals surface area contributed by atoms with Crippen molar-refractivity contribution in [3.8, 4) is 11.5 Å². The molecule has 0 aliphatic rings. The highest BCUT2D eigenvalue weighted by molar-refractivity contribution is 5.89. The van der Waals surface area contributed by atoms with Gasteiger partial charge in [-0.25, -0.2) is 4.79 Å². The lowest BCUT2D eigenvalue weighted by atomic mass is 10.1. The molecule has 4 aromatic rings. The highest BCUT2D eigenvalue weighted by Crippen LogP contribution is 2.28. The molecule has 0 unspecified atom stereocenters. The molecule has 0 spiro atoms. The maximum absolute atomic E-state index is 11.6. The Labute approximate surface area is 211 Å². The number of anilines is 1. The van der Waals surface area contributed by atoms with E-state index < -0.39 is 0 Å². The van der Waals surface area contributed by atoms with Gasteiger partial charge in [-0.2, -0.15) is 5.10 Å². The first-order valence-corrected chi connectivity index (χ1v) is 11.5.